The molecule has 0 aliphatic heterocycles. The van der Waals surface area contributed by atoms with E-state index in [4.69, 9.17) is 4.74 Å². The molecule has 1 saturated carbocycles. The molecular weight excluding hydrogens is 453 g/mol. The lowest BCUT2D eigenvalue weighted by Gasteiger charge is -2.24. The average molecular weight is 477 g/mol. The Balaban J connectivity index is 1.51. The summed E-state index contributed by atoms with van der Waals surface area (Å²) < 4.78 is 47.1. The van der Waals surface area contributed by atoms with Gasteiger partial charge in [0.1, 0.15) is 5.75 Å². The molecule has 1 N–H and O–H groups in total. The van der Waals surface area contributed by atoms with Crippen molar-refractivity contribution in [3.8, 4) is 11.4 Å². The van der Waals surface area contributed by atoms with E-state index < -0.39 is 11.7 Å². The van der Waals surface area contributed by atoms with Gasteiger partial charge in [-0.1, -0.05) is 42.4 Å². The first-order chi connectivity index (χ1) is 15.9. The lowest BCUT2D eigenvalue weighted by molar-refractivity contribution is -0.137. The van der Waals surface area contributed by atoms with E-state index in [9.17, 15) is 18.0 Å². The molecule has 33 heavy (non-hydrogen) atoms. The second kappa shape index (κ2) is 10.3. The second-order valence-corrected chi connectivity index (χ2v) is 8.70. The number of alkyl halides is 3. The molecule has 2 aromatic carbocycles. The molecule has 1 heterocycles. The Hall–Kier alpha value is -3.01. The molecule has 0 radical (unpaired) electrons. The van der Waals surface area contributed by atoms with Crippen LogP contribution in [-0.4, -0.2) is 33.0 Å². The normalized spacial score (nSPS) is 14.0. The smallest absolute Gasteiger partial charge is 0.416 e. The number of ether oxygens (including phenoxy) is 1. The highest BCUT2D eigenvalue weighted by atomic mass is 32.2. The van der Waals surface area contributed by atoms with Crippen molar-refractivity contribution in [3.63, 3.8) is 0 Å². The summed E-state index contributed by atoms with van der Waals surface area (Å²) in [6.45, 7) is 0.470. The lowest BCUT2D eigenvalue weighted by atomic mass is 9.85. The van der Waals surface area contributed by atoms with Crippen LogP contribution in [-0.2, 0) is 17.5 Å². The average Bonchev–Trinajstić information content (AvgIpc) is 3.17. The molecular formula is C23H23F3N4O2S. The molecule has 0 atom stereocenters. The van der Waals surface area contributed by atoms with Crippen LogP contribution in [0.3, 0.4) is 0 Å². The van der Waals surface area contributed by atoms with Crippen molar-refractivity contribution in [1.82, 2.24) is 20.1 Å². The number of para-hydroxylation sites is 1. The van der Waals surface area contributed by atoms with Crippen LogP contribution in [0, 0.1) is 5.92 Å². The van der Waals surface area contributed by atoms with Crippen molar-refractivity contribution in [2.45, 2.75) is 37.1 Å². The molecule has 1 amide bonds. The van der Waals surface area contributed by atoms with Gasteiger partial charge in [-0.05, 0) is 43.2 Å². The van der Waals surface area contributed by atoms with E-state index in [-0.39, 0.29) is 24.1 Å². The van der Waals surface area contributed by atoms with Crippen molar-refractivity contribution < 1.29 is 22.7 Å². The summed E-state index contributed by atoms with van der Waals surface area (Å²) in [5.41, 5.74) is -0.476. The molecule has 0 unspecified atom stereocenters. The van der Waals surface area contributed by atoms with Crippen molar-refractivity contribution in [3.05, 3.63) is 66.0 Å². The van der Waals surface area contributed by atoms with Crippen molar-refractivity contribution in [2.75, 3.05) is 12.4 Å². The van der Waals surface area contributed by atoms with Crippen molar-refractivity contribution in [2.24, 2.45) is 5.92 Å². The number of nitrogens with zero attached hydrogens (tertiary/aromatic N) is 3. The van der Waals surface area contributed by atoms with Gasteiger partial charge in [0.15, 0.2) is 11.0 Å². The van der Waals surface area contributed by atoms with E-state index in [0.29, 0.717) is 23.3 Å². The number of aromatic nitrogens is 3. The maximum absolute atomic E-state index is 13.3. The number of carbonyl (C=O) groups is 1. The number of carbonyl (C=O) groups excluding carboxylic acids is 1. The first-order valence-corrected chi connectivity index (χ1v) is 11.6. The highest BCUT2D eigenvalue weighted by molar-refractivity contribution is 7.99. The lowest BCUT2D eigenvalue weighted by Crippen LogP contribution is -2.34. The zero-order valence-corrected chi connectivity index (χ0v) is 18.5. The molecule has 0 bridgehead atoms. The van der Waals surface area contributed by atoms with E-state index in [2.05, 4.69) is 15.5 Å². The van der Waals surface area contributed by atoms with Crippen LogP contribution >= 0.6 is 11.8 Å². The number of thioether (sulfide) groups is 1. The van der Waals surface area contributed by atoms with Crippen molar-refractivity contribution in [1.29, 1.82) is 0 Å². The van der Waals surface area contributed by atoms with Gasteiger partial charge in [0.2, 0.25) is 5.91 Å². The third-order valence-corrected chi connectivity index (χ3v) is 6.25. The molecule has 1 aliphatic rings. The molecule has 1 aromatic heterocycles. The van der Waals surface area contributed by atoms with Crippen LogP contribution < -0.4 is 10.1 Å². The monoisotopic (exact) mass is 476 g/mol. The zero-order valence-electron chi connectivity index (χ0n) is 17.7. The Kier molecular flexibility index (Phi) is 7.22. The molecule has 1 fully saturated rings. The predicted molar refractivity (Wildman–Crippen MR) is 118 cm³/mol. The molecule has 6 nitrogen and oxygen atoms in total. The summed E-state index contributed by atoms with van der Waals surface area (Å²) in [6, 6.07) is 14.3. The fourth-order valence-electron chi connectivity index (χ4n) is 3.38. The molecule has 174 valence electrons. The maximum Gasteiger partial charge on any atom is 0.416 e. The fraction of sp³-hybridized carbons (Fsp3) is 0.348. The predicted octanol–water partition coefficient (Wildman–Crippen LogP) is 4.87. The Labute approximate surface area is 193 Å². The van der Waals surface area contributed by atoms with Crippen LogP contribution in [0.1, 0.15) is 30.7 Å². The minimum atomic E-state index is -4.47. The van der Waals surface area contributed by atoms with E-state index >= 15 is 0 Å². The third kappa shape index (κ3) is 5.87. The van der Waals surface area contributed by atoms with Gasteiger partial charge in [0, 0.05) is 11.7 Å². The van der Waals surface area contributed by atoms with E-state index in [1.807, 2.05) is 30.3 Å². The van der Waals surface area contributed by atoms with Gasteiger partial charge in [-0.15, -0.1) is 10.2 Å². The fourth-order valence-corrected chi connectivity index (χ4v) is 4.17. The van der Waals surface area contributed by atoms with Crippen molar-refractivity contribution >= 4 is 17.7 Å². The molecule has 10 heteroatoms. The summed E-state index contributed by atoms with van der Waals surface area (Å²) >= 11 is 1.32. The van der Waals surface area contributed by atoms with Gasteiger partial charge in [-0.2, -0.15) is 13.2 Å². The molecule has 1 aliphatic carbocycles. The zero-order chi connectivity index (χ0) is 23.3. The molecule has 0 spiro atoms. The standard InChI is InChI=1S/C23H23F3N4O2S/c24-23(25,26)17-8-5-9-18(14-17)30-20(15-27-21(31)16-6-4-7-16)28-29-22(30)33-13-12-32-19-10-2-1-3-11-19/h1-3,5,8-11,14,16H,4,6-7,12-13,15H2,(H,27,31). The third-order valence-electron chi connectivity index (χ3n) is 5.36. The number of nitrogens with one attached hydrogen (secondary N) is 1. The van der Waals surface area contributed by atoms with Crippen LogP contribution in [0.2, 0.25) is 0 Å². The minimum absolute atomic E-state index is 0.00101. The summed E-state index contributed by atoms with van der Waals surface area (Å²) in [5.74, 6) is 1.55. The van der Waals surface area contributed by atoms with Crippen LogP contribution in [0.5, 0.6) is 5.75 Å². The Morgan fingerprint density at radius 1 is 1.12 bits per heavy atom. The maximum atomic E-state index is 13.3. The van der Waals surface area contributed by atoms with Gasteiger partial charge >= 0.3 is 6.18 Å². The quantitative estimate of drug-likeness (QED) is 0.352. The highest BCUT2D eigenvalue weighted by Crippen LogP contribution is 2.32. The molecule has 4 rings (SSSR count). The highest BCUT2D eigenvalue weighted by Gasteiger charge is 2.31. The number of benzene rings is 2. The molecule has 3 aromatic rings. The number of amides is 1. The van der Waals surface area contributed by atoms with Gasteiger partial charge in [0.05, 0.1) is 24.4 Å². The second-order valence-electron chi connectivity index (χ2n) is 7.64. The number of hydrogen-bond donors (Lipinski definition) is 1. The van der Waals surface area contributed by atoms with Gasteiger partial charge in [-0.3, -0.25) is 9.36 Å². The Bertz CT molecular complexity index is 1080. The number of halogens is 3. The van der Waals surface area contributed by atoms with Crippen LogP contribution in [0.4, 0.5) is 13.2 Å². The first kappa shape index (κ1) is 23.2. The molecule has 0 saturated heterocycles. The van der Waals surface area contributed by atoms with Crippen LogP contribution in [0.25, 0.3) is 5.69 Å². The van der Waals surface area contributed by atoms with Gasteiger partial charge in [-0.25, -0.2) is 0 Å². The first-order valence-electron chi connectivity index (χ1n) is 10.6. The summed E-state index contributed by atoms with van der Waals surface area (Å²) in [6.07, 6.45) is -1.73. The van der Waals surface area contributed by atoms with Gasteiger partial charge in [0.25, 0.3) is 0 Å². The Morgan fingerprint density at radius 3 is 2.61 bits per heavy atom. The largest absolute Gasteiger partial charge is 0.493 e. The van der Waals surface area contributed by atoms with Gasteiger partial charge < -0.3 is 10.1 Å². The van der Waals surface area contributed by atoms with E-state index in [0.717, 1.165) is 37.1 Å². The van der Waals surface area contributed by atoms with E-state index in [1.54, 1.807) is 10.6 Å². The number of hydrogen-bond acceptors (Lipinski definition) is 5. The number of rotatable bonds is 9. The summed E-state index contributed by atoms with van der Waals surface area (Å²) in [5, 5.41) is 11.6. The Morgan fingerprint density at radius 2 is 1.91 bits per heavy atom. The topological polar surface area (TPSA) is 69.0 Å². The SMILES string of the molecule is O=C(NCc1nnc(SCCOc2ccccc2)n1-c1cccc(C(F)(F)F)c1)C1CCC1. The summed E-state index contributed by atoms with van der Waals surface area (Å²) in [7, 11) is 0. The van der Waals surface area contributed by atoms with Crippen LogP contribution in [0.15, 0.2) is 59.8 Å². The minimum Gasteiger partial charge on any atom is -0.493 e. The summed E-state index contributed by atoms with van der Waals surface area (Å²) in [4.78, 5) is 12.2. The van der Waals surface area contributed by atoms with E-state index in [1.165, 1.54) is 17.8 Å².